The molecule has 1 saturated heterocycles. The molecule has 1 fully saturated rings. The summed E-state index contributed by atoms with van der Waals surface area (Å²) in [5, 5.41) is 18.5. The van der Waals surface area contributed by atoms with E-state index in [-0.39, 0.29) is 50.0 Å². The summed E-state index contributed by atoms with van der Waals surface area (Å²) in [6, 6.07) is 4.64. The third kappa shape index (κ3) is 13.0. The fourth-order valence-electron chi connectivity index (χ4n) is 5.65. The molecule has 2 aliphatic rings. The molecule has 0 saturated carbocycles. The Morgan fingerprint density at radius 1 is 0.849 bits per heavy atom. The molecule has 0 aliphatic carbocycles. The van der Waals surface area contributed by atoms with Crippen molar-refractivity contribution in [1.29, 1.82) is 0 Å². The average Bonchev–Trinajstić information content (AvgIpc) is 3.60. The maximum Gasteiger partial charge on any atom is 0.412 e. The fraction of sp³-hybridized carbons (Fsp3) is 0.595. The van der Waals surface area contributed by atoms with Crippen molar-refractivity contribution < 1.29 is 62.2 Å². The van der Waals surface area contributed by atoms with Crippen molar-refractivity contribution in [3.05, 3.63) is 43.5 Å². The summed E-state index contributed by atoms with van der Waals surface area (Å²) >= 11 is 0. The van der Waals surface area contributed by atoms with Crippen LogP contribution in [-0.4, -0.2) is 99.3 Å². The third-order valence-electron chi connectivity index (χ3n) is 8.51. The van der Waals surface area contributed by atoms with Crippen LogP contribution in [0.15, 0.2) is 43.5 Å². The zero-order valence-electron chi connectivity index (χ0n) is 30.7. The topological polar surface area (TPSA) is 206 Å². The normalized spacial score (nSPS) is 21.3. The second-order valence-electron chi connectivity index (χ2n) is 12.6. The number of nitrogens with one attached hydrogen (secondary N) is 3. The first-order valence-corrected chi connectivity index (χ1v) is 17.9. The molecule has 1 aromatic carbocycles. The molecule has 0 aromatic heterocycles. The van der Waals surface area contributed by atoms with E-state index in [0.29, 0.717) is 24.6 Å². The molecule has 0 spiro atoms. The highest BCUT2D eigenvalue weighted by atomic mass is 16.7. The van der Waals surface area contributed by atoms with Crippen LogP contribution in [0.4, 0.5) is 10.5 Å². The number of hydrogen-bond acceptors (Lipinski definition) is 13. The van der Waals surface area contributed by atoms with E-state index < -0.39 is 67.2 Å². The van der Waals surface area contributed by atoms with Gasteiger partial charge in [0, 0.05) is 44.8 Å². The second-order valence-corrected chi connectivity index (χ2v) is 12.6. The van der Waals surface area contributed by atoms with Crippen molar-refractivity contribution in [2.24, 2.45) is 11.8 Å². The molecule has 2 heterocycles. The SMILES string of the molecule is C=CC[C@H](CC(=O)NCCCC)C(=O)O[C@@H]1[C@H](OC(=O)[C@@H](CC=C)CC(=O)NCCCC)[C@@H](OC)O[C@H](CO)[C@H]1OC(=O)Nc1ccc2c(c1)OCO2. The van der Waals surface area contributed by atoms with Gasteiger partial charge in [0.05, 0.1) is 18.4 Å². The highest BCUT2D eigenvalue weighted by Crippen LogP contribution is 2.35. The molecule has 0 radical (unpaired) electrons. The number of allylic oxidation sites excluding steroid dienone is 2. The van der Waals surface area contributed by atoms with E-state index in [1.54, 1.807) is 12.1 Å². The summed E-state index contributed by atoms with van der Waals surface area (Å²) in [4.78, 5) is 66.3. The molecule has 4 N–H and O–H groups in total. The van der Waals surface area contributed by atoms with E-state index >= 15 is 0 Å². The van der Waals surface area contributed by atoms with Gasteiger partial charge in [-0.15, -0.1) is 13.2 Å². The molecular weight excluding hydrogens is 694 g/mol. The van der Waals surface area contributed by atoms with Crippen LogP contribution in [0.25, 0.3) is 0 Å². The zero-order chi connectivity index (χ0) is 38.8. The Labute approximate surface area is 309 Å². The minimum Gasteiger partial charge on any atom is -0.454 e. The second kappa shape index (κ2) is 22.4. The van der Waals surface area contributed by atoms with Crippen LogP contribution >= 0.6 is 0 Å². The lowest BCUT2D eigenvalue weighted by Gasteiger charge is -2.44. The summed E-state index contributed by atoms with van der Waals surface area (Å²) in [6.45, 7) is 11.5. The molecular formula is C37H53N3O13. The summed E-state index contributed by atoms with van der Waals surface area (Å²) in [5.74, 6) is -3.67. The Kier molecular flexibility index (Phi) is 18.1. The predicted molar refractivity (Wildman–Crippen MR) is 191 cm³/mol. The van der Waals surface area contributed by atoms with E-state index in [4.69, 9.17) is 33.2 Å². The van der Waals surface area contributed by atoms with E-state index in [2.05, 4.69) is 29.1 Å². The number of fused-ring (bicyclic) bond motifs is 1. The van der Waals surface area contributed by atoms with Crippen LogP contribution in [0, 0.1) is 11.8 Å². The third-order valence-corrected chi connectivity index (χ3v) is 8.51. The quantitative estimate of drug-likeness (QED) is 0.0581. The van der Waals surface area contributed by atoms with Crippen molar-refractivity contribution >= 4 is 35.5 Å². The number of carbonyl (C=O) groups is 5. The molecule has 0 bridgehead atoms. The van der Waals surface area contributed by atoms with Crippen LogP contribution in [0.5, 0.6) is 11.5 Å². The maximum absolute atomic E-state index is 13.8. The molecule has 1 aromatic rings. The van der Waals surface area contributed by atoms with E-state index in [1.807, 2.05) is 13.8 Å². The number of aliphatic hydroxyl groups excluding tert-OH is 1. The lowest BCUT2D eigenvalue weighted by atomic mass is 9.96. The van der Waals surface area contributed by atoms with Gasteiger partial charge in [0.1, 0.15) is 6.10 Å². The molecule has 7 atom stereocenters. The smallest absolute Gasteiger partial charge is 0.412 e. The Morgan fingerprint density at radius 3 is 1.94 bits per heavy atom. The highest BCUT2D eigenvalue weighted by molar-refractivity contribution is 5.86. The first kappa shape index (κ1) is 42.7. The number of ether oxygens (including phenoxy) is 7. The number of rotatable bonds is 22. The van der Waals surface area contributed by atoms with Gasteiger partial charge in [-0.3, -0.25) is 24.5 Å². The number of amides is 3. The zero-order valence-corrected chi connectivity index (χ0v) is 30.7. The van der Waals surface area contributed by atoms with Gasteiger partial charge in [0.2, 0.25) is 18.6 Å². The van der Waals surface area contributed by atoms with Crippen molar-refractivity contribution in [1.82, 2.24) is 10.6 Å². The minimum atomic E-state index is -1.62. The van der Waals surface area contributed by atoms with Crippen LogP contribution < -0.4 is 25.4 Å². The fourth-order valence-corrected chi connectivity index (χ4v) is 5.65. The number of benzene rings is 1. The van der Waals surface area contributed by atoms with Crippen LogP contribution in [-0.2, 0) is 42.9 Å². The molecule has 3 amide bonds. The Bertz CT molecular complexity index is 1410. The summed E-state index contributed by atoms with van der Waals surface area (Å²) in [6.07, 6.45) is -2.76. The molecule has 53 heavy (non-hydrogen) atoms. The van der Waals surface area contributed by atoms with E-state index in [9.17, 15) is 29.1 Å². The summed E-state index contributed by atoms with van der Waals surface area (Å²) < 4.78 is 39.7. The number of methoxy groups -OCH3 is 1. The first-order valence-electron chi connectivity index (χ1n) is 17.9. The monoisotopic (exact) mass is 747 g/mol. The van der Waals surface area contributed by atoms with Crippen molar-refractivity contribution in [2.45, 2.75) is 95.9 Å². The molecule has 0 unspecified atom stereocenters. The Morgan fingerprint density at radius 2 is 1.42 bits per heavy atom. The van der Waals surface area contributed by atoms with Gasteiger partial charge in [0.25, 0.3) is 0 Å². The van der Waals surface area contributed by atoms with Gasteiger partial charge in [-0.1, -0.05) is 38.8 Å². The van der Waals surface area contributed by atoms with Gasteiger partial charge in [-0.2, -0.15) is 0 Å². The first-order chi connectivity index (χ1) is 25.6. The van der Waals surface area contributed by atoms with Gasteiger partial charge < -0.3 is 48.9 Å². The molecule has 2 aliphatic heterocycles. The Hall–Kier alpha value is -4.67. The van der Waals surface area contributed by atoms with E-state index in [0.717, 1.165) is 25.7 Å². The molecule has 3 rings (SSSR count). The van der Waals surface area contributed by atoms with Crippen LogP contribution in [0.1, 0.15) is 65.2 Å². The van der Waals surface area contributed by atoms with Crippen molar-refractivity contribution in [3.63, 3.8) is 0 Å². The molecule has 16 heteroatoms. The van der Waals surface area contributed by atoms with Gasteiger partial charge in [0.15, 0.2) is 36.1 Å². The maximum atomic E-state index is 13.8. The number of hydrogen-bond donors (Lipinski definition) is 4. The standard InChI is InChI=1S/C37H53N3O13/c1-6-10-16-38-29(42)18-23(12-8-3)34(44)51-32-31(53-37(46)40-25-14-15-26-27(20-25)49-22-48-26)28(21-41)50-36(47-5)33(32)52-35(45)24(13-9-4)19-30(43)39-17-11-7-2/h8-9,14-15,20,23-24,28,31-33,36,41H,3-4,6-7,10-13,16-19,21-22H2,1-2,5H3,(H,38,42)(H,39,43)(H,40,46)/t23-,24+,28-,31-,32+,33+,36+/m1/s1. The number of carbonyl (C=O) groups excluding carboxylic acids is 5. The van der Waals surface area contributed by atoms with Crippen molar-refractivity contribution in [2.75, 3.05) is 38.9 Å². The lowest BCUT2D eigenvalue weighted by Crippen LogP contribution is -2.63. The largest absolute Gasteiger partial charge is 0.454 e. The average molecular weight is 748 g/mol. The van der Waals surface area contributed by atoms with Crippen LogP contribution in [0.2, 0.25) is 0 Å². The van der Waals surface area contributed by atoms with Gasteiger partial charge >= 0.3 is 18.0 Å². The predicted octanol–water partition coefficient (Wildman–Crippen LogP) is 3.52. The molecule has 16 nitrogen and oxygen atoms in total. The summed E-state index contributed by atoms with van der Waals surface area (Å²) in [7, 11) is 1.25. The number of esters is 2. The van der Waals surface area contributed by atoms with Crippen LogP contribution in [0.3, 0.4) is 0 Å². The number of anilines is 1. The van der Waals surface area contributed by atoms with Gasteiger partial charge in [-0.25, -0.2) is 4.79 Å². The highest BCUT2D eigenvalue weighted by Gasteiger charge is 2.53. The summed E-state index contributed by atoms with van der Waals surface area (Å²) in [5.41, 5.74) is 0.271. The lowest BCUT2D eigenvalue weighted by molar-refractivity contribution is -0.300. The van der Waals surface area contributed by atoms with Gasteiger partial charge in [-0.05, 0) is 37.8 Å². The van der Waals surface area contributed by atoms with E-state index in [1.165, 1.54) is 25.3 Å². The number of aliphatic hydroxyl groups is 1. The number of unbranched alkanes of at least 4 members (excludes halogenated alkanes) is 2. The minimum absolute atomic E-state index is 0.0130. The molecule has 294 valence electrons. The van der Waals surface area contributed by atoms with Crippen molar-refractivity contribution in [3.8, 4) is 11.5 Å². The Balaban J connectivity index is 1.94.